The molecule has 0 bridgehead atoms. The van der Waals surface area contributed by atoms with Gasteiger partial charge < -0.3 is 52.7 Å². The molecule has 5 aromatic carbocycles. The topological polar surface area (TPSA) is 224 Å². The highest BCUT2D eigenvalue weighted by Crippen LogP contribution is 2.51. The molecule has 9 aromatic rings. The monoisotopic (exact) mass is 1150 g/mol. The van der Waals surface area contributed by atoms with Crippen molar-refractivity contribution in [3.63, 3.8) is 0 Å². The number of nitrogens with one attached hydrogen (secondary N) is 2. The molecule has 0 spiro atoms. The number of fused-ring (bicyclic) bond motifs is 2. The Kier molecular flexibility index (Phi) is 17.0. The van der Waals surface area contributed by atoms with Gasteiger partial charge in [-0.1, -0.05) is 97.9 Å². The van der Waals surface area contributed by atoms with Gasteiger partial charge in [0.25, 0.3) is 11.8 Å². The molecular weight excluding hydrogens is 1090 g/mol. The largest absolute Gasteiger partial charge is 0.497 e. The first kappa shape index (κ1) is 56.2. The number of alkyl halides is 2. The van der Waals surface area contributed by atoms with Crippen molar-refractivity contribution in [3.8, 4) is 11.5 Å². The van der Waals surface area contributed by atoms with Crippen LogP contribution in [0.1, 0.15) is 63.2 Å². The molecule has 6 heterocycles. The van der Waals surface area contributed by atoms with E-state index in [1.807, 2.05) is 54.6 Å². The van der Waals surface area contributed by atoms with Crippen LogP contribution >= 0.6 is 8.60 Å². The summed E-state index contributed by atoms with van der Waals surface area (Å²) >= 11 is 0. The maximum atomic E-state index is 18.5. The lowest BCUT2D eigenvalue weighted by Gasteiger charge is -2.39. The summed E-state index contributed by atoms with van der Waals surface area (Å²) in [5.41, 5.74) is 1.64. The normalized spacial score (nSPS) is 20.9. The fourth-order valence-corrected chi connectivity index (χ4v) is 11.2. The van der Waals surface area contributed by atoms with E-state index in [2.05, 4.69) is 45.4 Å². The second kappa shape index (κ2) is 25.2. The molecule has 4 aromatic heterocycles. The van der Waals surface area contributed by atoms with Crippen LogP contribution in [0.5, 0.6) is 11.5 Å². The van der Waals surface area contributed by atoms with Crippen molar-refractivity contribution in [1.29, 1.82) is 0 Å². The van der Waals surface area contributed by atoms with Crippen LogP contribution in [0.15, 0.2) is 165 Å². The molecule has 424 valence electrons. The predicted molar refractivity (Wildman–Crippen MR) is 300 cm³/mol. The number of ether oxygens (including phenoxy) is 5. The fourth-order valence-electron chi connectivity index (χ4n) is 10.1. The van der Waals surface area contributed by atoms with Gasteiger partial charge in [-0.05, 0) is 71.6 Å². The number of carbonyl (C=O) groups is 2. The molecule has 2 N–H and O–H groups in total. The van der Waals surface area contributed by atoms with Crippen LogP contribution in [0, 0.1) is 6.57 Å². The molecule has 0 aliphatic carbocycles. The zero-order valence-corrected chi connectivity index (χ0v) is 45.7. The summed E-state index contributed by atoms with van der Waals surface area (Å²) in [7, 11) is 0.487. The van der Waals surface area contributed by atoms with Gasteiger partial charge in [0.1, 0.15) is 54.7 Å². The van der Waals surface area contributed by atoms with Crippen molar-refractivity contribution in [2.24, 2.45) is 0 Å². The zero-order valence-electron chi connectivity index (χ0n) is 44.8. The Morgan fingerprint density at radius 1 is 0.627 bits per heavy atom. The van der Waals surface area contributed by atoms with E-state index in [9.17, 15) is 9.59 Å². The maximum absolute atomic E-state index is 18.5. The quantitative estimate of drug-likeness (QED) is 0.0279. The summed E-state index contributed by atoms with van der Waals surface area (Å²) in [5.74, 6) is 0.411. The van der Waals surface area contributed by atoms with Crippen LogP contribution < -0.4 is 20.1 Å². The standard InChI is InChI=1S/C59H54F2N11O10P/c1-5-43-45(60)50(58(79-43)72-35-68-48-52(64-33-66-54(48)72)70-56(74)37-17-11-7-12-18-37)82-83(77-30-29-62-2)78-31-44-49(46(61)57(80-44)71-34-67-47-51(63-32-65-53(47)71)69-55(73)36-15-9-6-10-16-36)81-59(38-19-13-8-14-20-38,39-21-25-41(75-3)26-22-39)40-23-27-42(76-4)28-24-40/h6-28,32-35,43-46,49-50,57-58H,5,29-31H2,1,3-4H3,(H,63,65,69,73)(H,64,66,70,74)/t43?,44-,45?,46?,49+,50?,57-,58?,83?/m1/s1. The Morgan fingerprint density at radius 3 is 1.63 bits per heavy atom. The first-order chi connectivity index (χ1) is 40.6. The van der Waals surface area contributed by atoms with E-state index in [4.69, 9.17) is 43.8 Å². The van der Waals surface area contributed by atoms with Crippen molar-refractivity contribution in [3.05, 3.63) is 204 Å². The summed E-state index contributed by atoms with van der Waals surface area (Å²) in [6.07, 6.45) is -6.34. The van der Waals surface area contributed by atoms with Gasteiger partial charge in [0.2, 0.25) is 6.54 Å². The number of rotatable bonds is 22. The number of methoxy groups -OCH3 is 2. The Balaban J connectivity index is 0.959. The molecule has 2 aliphatic rings. The van der Waals surface area contributed by atoms with Crippen molar-refractivity contribution in [1.82, 2.24) is 39.0 Å². The highest BCUT2D eigenvalue weighted by Gasteiger charge is 2.54. The van der Waals surface area contributed by atoms with Crippen LogP contribution in [0.25, 0.3) is 27.2 Å². The number of anilines is 2. The van der Waals surface area contributed by atoms with E-state index >= 15 is 8.78 Å². The molecule has 2 aliphatic heterocycles. The summed E-state index contributed by atoms with van der Waals surface area (Å²) in [4.78, 5) is 56.6. The number of hydrogen-bond acceptors (Lipinski definition) is 16. The van der Waals surface area contributed by atoms with Crippen molar-refractivity contribution >= 4 is 54.4 Å². The minimum Gasteiger partial charge on any atom is -0.497 e. The molecule has 2 saturated heterocycles. The first-order valence-corrected chi connectivity index (χ1v) is 27.5. The van der Waals surface area contributed by atoms with E-state index in [0.717, 1.165) is 0 Å². The number of nitrogens with zero attached hydrogens (tertiary/aromatic N) is 9. The third-order valence-corrected chi connectivity index (χ3v) is 15.3. The molecule has 21 nitrogen and oxygen atoms in total. The number of amides is 2. The Morgan fingerprint density at radius 2 is 1.12 bits per heavy atom. The smallest absolute Gasteiger partial charge is 0.333 e. The third-order valence-electron chi connectivity index (χ3n) is 14.2. The SMILES string of the molecule is [C-]#[N+]CCOP(OC[C@H]1O[C@@H](n2cnc3c(NC(=O)c4ccccc4)ncnc32)C(F)[C@H]1OC(c1ccccc1)(c1ccc(OC)cc1)c1ccc(OC)cc1)OC1C(F)C(CC)OC1n1cnc2c(NC(=O)c3ccccc3)ncnc21. The molecular formula is C59H54F2N11O10P. The number of aromatic nitrogens is 8. The molecule has 9 atom stereocenters. The second-order valence-electron chi connectivity index (χ2n) is 19.1. The van der Waals surface area contributed by atoms with Gasteiger partial charge >= 0.3 is 8.60 Å². The molecule has 0 saturated carbocycles. The fraction of sp³-hybridized carbons (Fsp3) is 0.271. The van der Waals surface area contributed by atoms with Gasteiger partial charge in [-0.3, -0.25) is 18.7 Å². The lowest BCUT2D eigenvalue weighted by molar-refractivity contribution is -0.104. The minimum atomic E-state index is -2.62. The van der Waals surface area contributed by atoms with E-state index in [1.54, 1.807) is 106 Å². The molecule has 0 radical (unpaired) electrons. The maximum Gasteiger partial charge on any atom is 0.333 e. The number of benzene rings is 5. The van der Waals surface area contributed by atoms with Crippen molar-refractivity contribution < 1.29 is 55.6 Å². The highest BCUT2D eigenvalue weighted by atomic mass is 31.2. The lowest BCUT2D eigenvalue weighted by Crippen LogP contribution is -2.44. The van der Waals surface area contributed by atoms with Crippen LogP contribution in [-0.2, 0) is 33.4 Å². The van der Waals surface area contributed by atoms with Gasteiger partial charge in [0, 0.05) is 11.1 Å². The molecule has 83 heavy (non-hydrogen) atoms. The van der Waals surface area contributed by atoms with Gasteiger partial charge in [-0.25, -0.2) is 45.3 Å². The summed E-state index contributed by atoms with van der Waals surface area (Å²) in [5, 5.41) is 5.58. The van der Waals surface area contributed by atoms with Crippen molar-refractivity contribution in [2.75, 3.05) is 44.6 Å². The van der Waals surface area contributed by atoms with E-state index in [0.29, 0.717) is 39.3 Å². The van der Waals surface area contributed by atoms with Crippen LogP contribution in [-0.4, -0.2) is 122 Å². The van der Waals surface area contributed by atoms with Gasteiger partial charge in [0.15, 0.2) is 58.8 Å². The average Bonchev–Trinajstić information content (AvgIpc) is 3.73. The molecule has 2 fully saturated rings. The van der Waals surface area contributed by atoms with Gasteiger partial charge in [0.05, 0.1) is 39.6 Å². The number of carbonyl (C=O) groups excluding carboxylic acids is 2. The second-order valence-corrected chi connectivity index (χ2v) is 20.2. The van der Waals surface area contributed by atoms with Crippen LogP contribution in [0.2, 0.25) is 0 Å². The van der Waals surface area contributed by atoms with E-state index in [1.165, 1.54) is 34.4 Å². The first-order valence-electron chi connectivity index (χ1n) is 26.4. The van der Waals surface area contributed by atoms with E-state index < -0.39 is 81.8 Å². The number of imidazole rings is 2. The zero-order chi connectivity index (χ0) is 57.5. The van der Waals surface area contributed by atoms with E-state index in [-0.39, 0.29) is 53.5 Å². The Labute approximate surface area is 475 Å². The lowest BCUT2D eigenvalue weighted by atomic mass is 9.79. The van der Waals surface area contributed by atoms with Crippen LogP contribution in [0.3, 0.4) is 0 Å². The minimum absolute atomic E-state index is 0.0715. The number of hydrogen-bond donors (Lipinski definition) is 2. The summed E-state index contributed by atoms with van der Waals surface area (Å²) < 4.78 is 89.2. The predicted octanol–water partition coefficient (Wildman–Crippen LogP) is 10.0. The number of halogens is 2. The molecule has 24 heteroatoms. The molecule has 2 amide bonds. The Hall–Kier alpha value is -8.72. The highest BCUT2D eigenvalue weighted by molar-refractivity contribution is 7.41. The third kappa shape index (κ3) is 11.5. The van der Waals surface area contributed by atoms with Crippen molar-refractivity contribution in [2.45, 2.75) is 68.2 Å². The molecule has 11 rings (SSSR count). The molecule has 6 unspecified atom stereocenters. The Bertz CT molecular complexity index is 3670. The summed E-state index contributed by atoms with van der Waals surface area (Å²) in [6, 6.07) is 40.9. The average molecular weight is 1150 g/mol. The van der Waals surface area contributed by atoms with Gasteiger partial charge in [-0.15, -0.1) is 0 Å². The van der Waals surface area contributed by atoms with Gasteiger partial charge in [-0.2, -0.15) is 0 Å². The summed E-state index contributed by atoms with van der Waals surface area (Å²) in [6.45, 7) is 8.52. The van der Waals surface area contributed by atoms with Crippen LogP contribution in [0.4, 0.5) is 20.4 Å².